The second kappa shape index (κ2) is 5.41. The number of thiophene rings is 1. The lowest BCUT2D eigenvalue weighted by Gasteiger charge is -2.25. The second-order valence-corrected chi connectivity index (χ2v) is 5.09. The predicted octanol–water partition coefficient (Wildman–Crippen LogP) is 2.75. The number of carbonyl (C=O) groups excluding carboxylic acids is 1. The monoisotopic (exact) mass is 229 g/mol. The number of nitrogens with zero attached hydrogens (tertiary/aromatic N) is 1. The summed E-state index contributed by atoms with van der Waals surface area (Å²) >= 11 is 3.33. The Kier molecular flexibility index (Phi) is 4.48. The highest BCUT2D eigenvalue weighted by molar-refractivity contribution is 7.98. The van der Waals surface area contributed by atoms with Crippen molar-refractivity contribution >= 4 is 35.1 Å². The van der Waals surface area contributed by atoms with Gasteiger partial charge in [0.2, 0.25) is 0 Å². The standard InChI is InChI=1S/C10H15NOS2/c1-8(6-13-3)11(2)9-4-10(5-12)14-7-9/h4-5,7-8H,6H2,1-3H3. The van der Waals surface area contributed by atoms with Crippen molar-refractivity contribution in [3.05, 3.63) is 16.3 Å². The number of thioether (sulfide) groups is 1. The van der Waals surface area contributed by atoms with Crippen molar-refractivity contribution in [3.8, 4) is 0 Å². The quantitative estimate of drug-likeness (QED) is 0.724. The molecule has 0 radical (unpaired) electrons. The van der Waals surface area contributed by atoms with Crippen LogP contribution in [0.25, 0.3) is 0 Å². The highest BCUT2D eigenvalue weighted by atomic mass is 32.2. The summed E-state index contributed by atoms with van der Waals surface area (Å²) in [7, 11) is 2.07. The molecule has 1 aromatic heterocycles. The van der Waals surface area contributed by atoms with E-state index < -0.39 is 0 Å². The van der Waals surface area contributed by atoms with Gasteiger partial charge < -0.3 is 4.90 Å². The molecule has 1 rings (SSSR count). The first kappa shape index (κ1) is 11.6. The summed E-state index contributed by atoms with van der Waals surface area (Å²) in [5.74, 6) is 1.10. The highest BCUT2D eigenvalue weighted by Gasteiger charge is 2.10. The zero-order valence-corrected chi connectivity index (χ0v) is 10.3. The van der Waals surface area contributed by atoms with Gasteiger partial charge >= 0.3 is 0 Å². The van der Waals surface area contributed by atoms with E-state index in [0.29, 0.717) is 6.04 Å². The number of aldehydes is 1. The van der Waals surface area contributed by atoms with Crippen LogP contribution in [-0.2, 0) is 0 Å². The Morgan fingerprint density at radius 2 is 2.43 bits per heavy atom. The molecule has 0 aliphatic rings. The van der Waals surface area contributed by atoms with Crippen molar-refractivity contribution in [2.45, 2.75) is 13.0 Å². The summed E-state index contributed by atoms with van der Waals surface area (Å²) in [6, 6.07) is 2.44. The van der Waals surface area contributed by atoms with Crippen LogP contribution in [0.2, 0.25) is 0 Å². The molecule has 1 atom stereocenters. The molecule has 0 aliphatic carbocycles. The largest absolute Gasteiger partial charge is 0.370 e. The molecule has 0 fully saturated rings. The third kappa shape index (κ3) is 2.75. The van der Waals surface area contributed by atoms with Gasteiger partial charge in [-0.25, -0.2) is 0 Å². The molecule has 0 aliphatic heterocycles. The summed E-state index contributed by atoms with van der Waals surface area (Å²) in [6.07, 6.45) is 3.01. The van der Waals surface area contributed by atoms with Crippen molar-refractivity contribution in [1.29, 1.82) is 0 Å². The maximum Gasteiger partial charge on any atom is 0.160 e. The van der Waals surface area contributed by atoms with Crippen LogP contribution in [0, 0.1) is 0 Å². The van der Waals surface area contributed by atoms with Gasteiger partial charge in [0.25, 0.3) is 0 Å². The first-order valence-corrected chi connectivity index (χ1v) is 6.72. The van der Waals surface area contributed by atoms with E-state index in [-0.39, 0.29) is 0 Å². The van der Waals surface area contributed by atoms with Crippen molar-refractivity contribution < 1.29 is 4.79 Å². The molecule has 1 heterocycles. The van der Waals surface area contributed by atoms with Crippen molar-refractivity contribution in [2.24, 2.45) is 0 Å². The molecule has 4 heteroatoms. The van der Waals surface area contributed by atoms with Crippen LogP contribution in [0.4, 0.5) is 5.69 Å². The maximum atomic E-state index is 10.5. The van der Waals surface area contributed by atoms with Gasteiger partial charge in [0.05, 0.1) is 4.88 Å². The summed E-state index contributed by atoms with van der Waals surface area (Å²) in [5, 5.41) is 2.03. The lowest BCUT2D eigenvalue weighted by Crippen LogP contribution is -2.30. The van der Waals surface area contributed by atoms with E-state index in [1.807, 2.05) is 23.2 Å². The van der Waals surface area contributed by atoms with Gasteiger partial charge in [0, 0.05) is 29.9 Å². The Hall–Kier alpha value is -0.480. The van der Waals surface area contributed by atoms with Crippen LogP contribution in [0.15, 0.2) is 11.4 Å². The Labute approximate surface area is 93.3 Å². The average molecular weight is 229 g/mol. The van der Waals surface area contributed by atoms with E-state index in [1.165, 1.54) is 11.3 Å². The lowest BCUT2D eigenvalue weighted by molar-refractivity contribution is 0.112. The lowest BCUT2D eigenvalue weighted by atomic mass is 10.3. The number of anilines is 1. The number of hydrogen-bond acceptors (Lipinski definition) is 4. The molecular weight excluding hydrogens is 214 g/mol. The van der Waals surface area contributed by atoms with E-state index in [0.717, 1.165) is 22.6 Å². The number of hydrogen-bond donors (Lipinski definition) is 0. The van der Waals surface area contributed by atoms with Crippen LogP contribution in [0.3, 0.4) is 0 Å². The topological polar surface area (TPSA) is 20.3 Å². The normalized spacial score (nSPS) is 12.5. The fraction of sp³-hybridized carbons (Fsp3) is 0.500. The van der Waals surface area contributed by atoms with E-state index in [9.17, 15) is 4.79 Å². The molecule has 0 bridgehead atoms. The minimum atomic E-state index is 0.499. The van der Waals surface area contributed by atoms with Gasteiger partial charge in [-0.2, -0.15) is 11.8 Å². The summed E-state index contributed by atoms with van der Waals surface area (Å²) < 4.78 is 0. The molecule has 78 valence electrons. The van der Waals surface area contributed by atoms with E-state index >= 15 is 0 Å². The van der Waals surface area contributed by atoms with Gasteiger partial charge in [-0.05, 0) is 19.2 Å². The molecule has 1 aromatic rings. The van der Waals surface area contributed by atoms with Gasteiger partial charge in [-0.15, -0.1) is 11.3 Å². The minimum absolute atomic E-state index is 0.499. The fourth-order valence-corrected chi connectivity index (χ4v) is 2.64. The average Bonchev–Trinajstić information content (AvgIpc) is 2.65. The molecule has 0 saturated carbocycles. The Morgan fingerprint density at radius 3 is 2.93 bits per heavy atom. The zero-order chi connectivity index (χ0) is 10.6. The second-order valence-electron chi connectivity index (χ2n) is 3.24. The van der Waals surface area contributed by atoms with Crippen LogP contribution >= 0.6 is 23.1 Å². The molecule has 1 unspecified atom stereocenters. The molecule has 0 N–H and O–H groups in total. The summed E-state index contributed by atoms with van der Waals surface area (Å²) in [6.45, 7) is 2.19. The molecular formula is C10H15NOS2. The molecule has 2 nitrogen and oxygen atoms in total. The first-order valence-electron chi connectivity index (χ1n) is 4.44. The smallest absolute Gasteiger partial charge is 0.160 e. The van der Waals surface area contributed by atoms with Crippen LogP contribution in [0.1, 0.15) is 16.6 Å². The first-order chi connectivity index (χ1) is 6.69. The maximum absolute atomic E-state index is 10.5. The molecule has 0 aromatic carbocycles. The van der Waals surface area contributed by atoms with E-state index in [2.05, 4.69) is 25.1 Å². The van der Waals surface area contributed by atoms with Gasteiger partial charge in [-0.3, -0.25) is 4.79 Å². The van der Waals surface area contributed by atoms with Crippen LogP contribution < -0.4 is 4.90 Å². The van der Waals surface area contributed by atoms with Crippen LogP contribution in [0.5, 0.6) is 0 Å². The Bertz CT molecular complexity index is 298. The Morgan fingerprint density at radius 1 is 1.71 bits per heavy atom. The SMILES string of the molecule is CSCC(C)N(C)c1csc(C=O)c1. The van der Waals surface area contributed by atoms with Crippen molar-refractivity contribution in [3.63, 3.8) is 0 Å². The van der Waals surface area contributed by atoms with Gasteiger partial charge in [0.1, 0.15) is 0 Å². The third-order valence-electron chi connectivity index (χ3n) is 2.20. The van der Waals surface area contributed by atoms with Crippen molar-refractivity contribution in [2.75, 3.05) is 24.0 Å². The fourth-order valence-electron chi connectivity index (χ4n) is 1.20. The molecule has 0 amide bonds. The van der Waals surface area contributed by atoms with Crippen molar-refractivity contribution in [1.82, 2.24) is 0 Å². The zero-order valence-electron chi connectivity index (χ0n) is 8.69. The number of carbonyl (C=O) groups is 1. The van der Waals surface area contributed by atoms with Crippen LogP contribution in [-0.4, -0.2) is 31.4 Å². The van der Waals surface area contributed by atoms with E-state index in [1.54, 1.807) is 0 Å². The summed E-state index contributed by atoms with van der Waals surface area (Å²) in [4.78, 5) is 13.5. The number of rotatable bonds is 5. The molecule has 0 saturated heterocycles. The molecule has 0 spiro atoms. The Balaban J connectivity index is 2.67. The predicted molar refractivity (Wildman–Crippen MR) is 66.0 cm³/mol. The minimum Gasteiger partial charge on any atom is -0.370 e. The highest BCUT2D eigenvalue weighted by Crippen LogP contribution is 2.23. The third-order valence-corrected chi connectivity index (χ3v) is 3.86. The van der Waals surface area contributed by atoms with Gasteiger partial charge in [-0.1, -0.05) is 0 Å². The van der Waals surface area contributed by atoms with E-state index in [4.69, 9.17) is 0 Å². The van der Waals surface area contributed by atoms with Gasteiger partial charge in [0.15, 0.2) is 6.29 Å². The summed E-state index contributed by atoms with van der Waals surface area (Å²) in [5.41, 5.74) is 1.14. The molecule has 14 heavy (non-hydrogen) atoms.